The van der Waals surface area contributed by atoms with Gasteiger partial charge < -0.3 is 15.2 Å². The van der Waals surface area contributed by atoms with Crippen LogP contribution in [0.25, 0.3) is 0 Å². The van der Waals surface area contributed by atoms with Crippen LogP contribution < -0.4 is 5.32 Å². The van der Waals surface area contributed by atoms with Crippen molar-refractivity contribution in [1.29, 1.82) is 0 Å². The molecule has 0 aliphatic heterocycles. The van der Waals surface area contributed by atoms with Crippen LogP contribution >= 0.6 is 0 Å². The van der Waals surface area contributed by atoms with Gasteiger partial charge in [0.2, 0.25) is 0 Å². The quantitative estimate of drug-likeness (QED) is 0.638. The van der Waals surface area contributed by atoms with E-state index in [1.54, 1.807) is 0 Å². The molecule has 0 heterocycles. The van der Waals surface area contributed by atoms with Crippen molar-refractivity contribution in [2.45, 2.75) is 39.2 Å². The van der Waals surface area contributed by atoms with Crippen LogP contribution in [-0.2, 0) is 4.74 Å². The minimum absolute atomic E-state index is 0.382. The van der Waals surface area contributed by atoms with Crippen LogP contribution in [0.15, 0.2) is 12.2 Å². The van der Waals surface area contributed by atoms with Gasteiger partial charge >= 0.3 is 0 Å². The van der Waals surface area contributed by atoms with Gasteiger partial charge in [-0.1, -0.05) is 26.0 Å². The average Bonchev–Trinajstić information content (AvgIpc) is 2.30. The number of aliphatic hydroxyl groups is 1. The molecular weight excluding hydrogens is 214 g/mol. The van der Waals surface area contributed by atoms with E-state index in [1.165, 1.54) is 19.3 Å². The molecule has 0 amide bonds. The van der Waals surface area contributed by atoms with Gasteiger partial charge in [-0.15, -0.1) is 0 Å². The van der Waals surface area contributed by atoms with Crippen molar-refractivity contribution < 1.29 is 9.84 Å². The van der Waals surface area contributed by atoms with Crippen molar-refractivity contribution in [1.82, 2.24) is 5.32 Å². The van der Waals surface area contributed by atoms with Crippen LogP contribution in [-0.4, -0.2) is 37.5 Å². The fourth-order valence-corrected chi connectivity index (χ4v) is 1.99. The van der Waals surface area contributed by atoms with Gasteiger partial charge in [-0.25, -0.2) is 0 Å². The highest BCUT2D eigenvalue weighted by Gasteiger charge is 2.10. The van der Waals surface area contributed by atoms with Gasteiger partial charge in [0, 0.05) is 13.2 Å². The Hall–Kier alpha value is -0.380. The van der Waals surface area contributed by atoms with Crippen LogP contribution in [0.4, 0.5) is 0 Å². The summed E-state index contributed by atoms with van der Waals surface area (Å²) in [6, 6.07) is 0. The van der Waals surface area contributed by atoms with Gasteiger partial charge in [0.1, 0.15) is 0 Å². The maximum Gasteiger partial charge on any atom is 0.0897 e. The highest BCUT2D eigenvalue weighted by molar-refractivity contribution is 4.90. The molecule has 0 saturated heterocycles. The molecule has 100 valence electrons. The average molecular weight is 241 g/mol. The Morgan fingerprint density at radius 3 is 2.82 bits per heavy atom. The Bertz CT molecular complexity index is 216. The van der Waals surface area contributed by atoms with Crippen molar-refractivity contribution in [3.63, 3.8) is 0 Å². The second kappa shape index (κ2) is 8.67. The van der Waals surface area contributed by atoms with Gasteiger partial charge in [-0.05, 0) is 37.6 Å². The number of nitrogens with one attached hydrogen (secondary N) is 1. The van der Waals surface area contributed by atoms with E-state index in [9.17, 15) is 5.11 Å². The zero-order chi connectivity index (χ0) is 12.5. The monoisotopic (exact) mass is 241 g/mol. The first-order valence-corrected chi connectivity index (χ1v) is 6.80. The van der Waals surface area contributed by atoms with Crippen molar-refractivity contribution in [2.24, 2.45) is 11.8 Å². The molecule has 2 N–H and O–H groups in total. The highest BCUT2D eigenvalue weighted by Crippen LogP contribution is 2.16. The Balaban J connectivity index is 1.96. The van der Waals surface area contributed by atoms with Crippen molar-refractivity contribution in [2.75, 3.05) is 26.3 Å². The topological polar surface area (TPSA) is 41.5 Å². The first-order chi connectivity index (χ1) is 8.18. The number of ether oxygens (including phenoxy) is 1. The molecule has 2 unspecified atom stereocenters. The molecule has 3 nitrogen and oxygen atoms in total. The van der Waals surface area contributed by atoms with E-state index in [1.807, 2.05) is 0 Å². The fraction of sp³-hybridized carbons (Fsp3) is 0.857. The molecule has 0 fully saturated rings. The number of rotatable bonds is 8. The van der Waals surface area contributed by atoms with Crippen LogP contribution in [0.5, 0.6) is 0 Å². The smallest absolute Gasteiger partial charge is 0.0897 e. The Morgan fingerprint density at radius 2 is 2.18 bits per heavy atom. The molecule has 17 heavy (non-hydrogen) atoms. The van der Waals surface area contributed by atoms with Gasteiger partial charge in [0.25, 0.3) is 0 Å². The maximum absolute atomic E-state index is 9.69. The van der Waals surface area contributed by atoms with Gasteiger partial charge in [-0.2, -0.15) is 0 Å². The van der Waals surface area contributed by atoms with Crippen molar-refractivity contribution in [3.8, 4) is 0 Å². The van der Waals surface area contributed by atoms with E-state index >= 15 is 0 Å². The normalized spacial score (nSPS) is 22.0. The lowest BCUT2D eigenvalue weighted by atomic mass is 9.94. The summed E-state index contributed by atoms with van der Waals surface area (Å²) >= 11 is 0. The summed E-state index contributed by atoms with van der Waals surface area (Å²) in [6.45, 7) is 7.03. The molecule has 0 aromatic carbocycles. The van der Waals surface area contributed by atoms with Gasteiger partial charge in [0.15, 0.2) is 0 Å². The van der Waals surface area contributed by atoms with Gasteiger partial charge in [0.05, 0.1) is 12.7 Å². The largest absolute Gasteiger partial charge is 0.389 e. The molecule has 0 spiro atoms. The molecule has 0 radical (unpaired) electrons. The molecule has 2 atom stereocenters. The summed E-state index contributed by atoms with van der Waals surface area (Å²) in [7, 11) is 0. The van der Waals surface area contributed by atoms with E-state index in [-0.39, 0.29) is 6.10 Å². The zero-order valence-electron chi connectivity index (χ0n) is 11.2. The van der Waals surface area contributed by atoms with Crippen molar-refractivity contribution >= 4 is 0 Å². The molecule has 3 heteroatoms. The Labute approximate surface area is 105 Å². The zero-order valence-corrected chi connectivity index (χ0v) is 11.2. The van der Waals surface area contributed by atoms with E-state index in [0.29, 0.717) is 19.1 Å². The fourth-order valence-electron chi connectivity index (χ4n) is 1.99. The summed E-state index contributed by atoms with van der Waals surface area (Å²) in [5, 5.41) is 13.0. The first-order valence-electron chi connectivity index (χ1n) is 6.80. The summed E-state index contributed by atoms with van der Waals surface area (Å²) in [4.78, 5) is 0. The molecule has 1 aliphatic rings. The minimum Gasteiger partial charge on any atom is -0.389 e. The van der Waals surface area contributed by atoms with E-state index in [2.05, 4.69) is 31.3 Å². The van der Waals surface area contributed by atoms with E-state index < -0.39 is 0 Å². The summed E-state index contributed by atoms with van der Waals surface area (Å²) in [5.41, 5.74) is 0. The predicted octanol–water partition coefficient (Wildman–Crippen LogP) is 1.97. The van der Waals surface area contributed by atoms with E-state index in [4.69, 9.17) is 4.74 Å². The predicted molar refractivity (Wildman–Crippen MR) is 71.0 cm³/mol. The number of hydrogen-bond acceptors (Lipinski definition) is 3. The van der Waals surface area contributed by atoms with Crippen LogP contribution in [0.1, 0.15) is 33.1 Å². The number of hydrogen-bond donors (Lipinski definition) is 2. The number of aliphatic hydroxyl groups excluding tert-OH is 1. The summed E-state index contributed by atoms with van der Waals surface area (Å²) < 4.78 is 5.40. The standard InChI is InChI=1S/C14H27NO2/c1-12(2)10-17-11-14(16)9-15-8-13-6-4-3-5-7-13/h3-4,12-16H,5-11H2,1-2H3. The molecule has 0 saturated carbocycles. The van der Waals surface area contributed by atoms with E-state index in [0.717, 1.165) is 19.1 Å². The van der Waals surface area contributed by atoms with Crippen LogP contribution in [0.2, 0.25) is 0 Å². The molecule has 1 aliphatic carbocycles. The Morgan fingerprint density at radius 1 is 1.35 bits per heavy atom. The van der Waals surface area contributed by atoms with Crippen molar-refractivity contribution in [3.05, 3.63) is 12.2 Å². The molecule has 0 aromatic heterocycles. The minimum atomic E-state index is -0.382. The van der Waals surface area contributed by atoms with Crippen LogP contribution in [0, 0.1) is 11.8 Å². The maximum atomic E-state index is 9.69. The van der Waals surface area contributed by atoms with Crippen LogP contribution in [0.3, 0.4) is 0 Å². The number of allylic oxidation sites excluding steroid dienone is 2. The third-order valence-corrected chi connectivity index (χ3v) is 2.95. The first kappa shape index (κ1) is 14.7. The third kappa shape index (κ3) is 7.53. The molecule has 1 rings (SSSR count). The molecular formula is C14H27NO2. The van der Waals surface area contributed by atoms with Gasteiger partial charge in [-0.3, -0.25) is 0 Å². The second-order valence-corrected chi connectivity index (χ2v) is 5.39. The molecule has 0 aromatic rings. The summed E-state index contributed by atoms with van der Waals surface area (Å²) in [6.07, 6.45) is 7.78. The summed E-state index contributed by atoms with van der Waals surface area (Å²) in [5.74, 6) is 1.27. The molecule has 0 bridgehead atoms. The second-order valence-electron chi connectivity index (χ2n) is 5.39. The lowest BCUT2D eigenvalue weighted by Gasteiger charge is -2.19. The Kier molecular flexibility index (Phi) is 7.49. The SMILES string of the molecule is CC(C)COCC(O)CNCC1CC=CCC1. The lowest BCUT2D eigenvalue weighted by molar-refractivity contribution is 0.0258. The highest BCUT2D eigenvalue weighted by atomic mass is 16.5. The lowest BCUT2D eigenvalue weighted by Crippen LogP contribution is -2.34. The third-order valence-electron chi connectivity index (χ3n) is 2.95.